The van der Waals surface area contributed by atoms with Crippen LogP contribution in [0, 0.1) is 0 Å². The van der Waals surface area contributed by atoms with Gasteiger partial charge < -0.3 is 14.8 Å². The molecule has 0 aliphatic rings. The number of rotatable bonds is 6. The number of halogens is 2. The molecule has 1 N–H and O–H groups in total. The van der Waals surface area contributed by atoms with Crippen LogP contribution in [0.15, 0.2) is 48.5 Å². The molecule has 2 aromatic rings. The maximum atomic E-state index is 12.4. The molecule has 0 aliphatic heterocycles. The molecule has 0 bridgehead atoms. The zero-order chi connectivity index (χ0) is 17.5. The predicted octanol–water partition coefficient (Wildman–Crippen LogP) is 3.72. The monoisotopic (exact) mass is 335 g/mol. The molecule has 0 aliphatic carbocycles. The topological polar surface area (TPSA) is 64.6 Å². The summed E-state index contributed by atoms with van der Waals surface area (Å²) in [5, 5.41) is 2.54. The second-order valence-electron chi connectivity index (χ2n) is 4.63. The van der Waals surface area contributed by atoms with Gasteiger partial charge in [-0.2, -0.15) is 8.78 Å². The molecule has 0 unspecified atom stereocenters. The Morgan fingerprint density at radius 1 is 1.12 bits per heavy atom. The van der Waals surface area contributed by atoms with Crippen LogP contribution in [0.1, 0.15) is 27.6 Å². The largest absolute Gasteiger partial charge is 0.462 e. The molecule has 0 heterocycles. The standard InChI is InChI=1S/C17H15F2NO4/c1-2-23-16(22)11-6-5-7-12(10-11)20-15(21)13-8-3-4-9-14(13)24-17(18)19/h3-10,17H,2H2,1H3,(H,20,21). The minimum atomic E-state index is -3.04. The molecule has 0 aromatic heterocycles. The summed E-state index contributed by atoms with van der Waals surface area (Å²) < 4.78 is 34.0. The van der Waals surface area contributed by atoms with Crippen LogP contribution in [0.2, 0.25) is 0 Å². The minimum absolute atomic E-state index is 0.0423. The van der Waals surface area contributed by atoms with E-state index in [0.717, 1.165) is 0 Å². The SMILES string of the molecule is CCOC(=O)c1cccc(NC(=O)c2ccccc2OC(F)F)c1. The molecular weight excluding hydrogens is 320 g/mol. The fraction of sp³-hybridized carbons (Fsp3) is 0.176. The lowest BCUT2D eigenvalue weighted by atomic mass is 10.1. The number of anilines is 1. The Bertz CT molecular complexity index is 734. The highest BCUT2D eigenvalue weighted by Gasteiger charge is 2.16. The summed E-state index contributed by atoms with van der Waals surface area (Å²) in [7, 11) is 0. The van der Waals surface area contributed by atoms with Gasteiger partial charge in [0.2, 0.25) is 0 Å². The molecule has 2 aromatic carbocycles. The van der Waals surface area contributed by atoms with Crippen molar-refractivity contribution in [2.45, 2.75) is 13.5 Å². The van der Waals surface area contributed by atoms with E-state index >= 15 is 0 Å². The minimum Gasteiger partial charge on any atom is -0.462 e. The number of esters is 1. The van der Waals surface area contributed by atoms with Gasteiger partial charge in [-0.15, -0.1) is 0 Å². The maximum absolute atomic E-state index is 12.4. The molecule has 7 heteroatoms. The van der Waals surface area contributed by atoms with E-state index in [0.29, 0.717) is 5.69 Å². The number of nitrogens with one attached hydrogen (secondary N) is 1. The van der Waals surface area contributed by atoms with E-state index in [1.807, 2.05) is 0 Å². The third kappa shape index (κ3) is 4.52. The van der Waals surface area contributed by atoms with Gasteiger partial charge in [-0.1, -0.05) is 18.2 Å². The summed E-state index contributed by atoms with van der Waals surface area (Å²) in [4.78, 5) is 24.0. The van der Waals surface area contributed by atoms with Gasteiger partial charge in [0.15, 0.2) is 0 Å². The van der Waals surface area contributed by atoms with Crippen molar-refractivity contribution in [1.29, 1.82) is 0 Å². The Kier molecular flexibility index (Phi) is 5.83. The van der Waals surface area contributed by atoms with Gasteiger partial charge in [-0.3, -0.25) is 4.79 Å². The highest BCUT2D eigenvalue weighted by atomic mass is 19.3. The predicted molar refractivity (Wildman–Crippen MR) is 83.4 cm³/mol. The zero-order valence-corrected chi connectivity index (χ0v) is 12.8. The number of hydrogen-bond acceptors (Lipinski definition) is 4. The Hall–Kier alpha value is -2.96. The van der Waals surface area contributed by atoms with E-state index in [9.17, 15) is 18.4 Å². The Labute approximate surface area is 137 Å². The summed E-state index contributed by atoms with van der Waals surface area (Å²) in [6.45, 7) is -1.12. The number of carbonyl (C=O) groups excluding carboxylic acids is 2. The summed E-state index contributed by atoms with van der Waals surface area (Å²) in [5.41, 5.74) is 0.559. The van der Waals surface area contributed by atoms with Crippen LogP contribution >= 0.6 is 0 Å². The molecule has 0 saturated carbocycles. The van der Waals surface area contributed by atoms with Crippen molar-refractivity contribution in [2.24, 2.45) is 0 Å². The number of alkyl halides is 2. The number of hydrogen-bond donors (Lipinski definition) is 1. The van der Waals surface area contributed by atoms with Crippen molar-refractivity contribution in [3.05, 3.63) is 59.7 Å². The van der Waals surface area contributed by atoms with Crippen molar-refractivity contribution >= 4 is 17.6 Å². The first-order chi connectivity index (χ1) is 11.5. The van der Waals surface area contributed by atoms with Crippen LogP contribution in [-0.2, 0) is 4.74 Å². The fourth-order valence-corrected chi connectivity index (χ4v) is 1.99. The highest BCUT2D eigenvalue weighted by Crippen LogP contribution is 2.22. The molecule has 1 amide bonds. The average molecular weight is 335 g/mol. The van der Waals surface area contributed by atoms with E-state index in [2.05, 4.69) is 10.1 Å². The van der Waals surface area contributed by atoms with E-state index in [1.54, 1.807) is 25.1 Å². The molecule has 5 nitrogen and oxygen atoms in total. The summed E-state index contributed by atoms with van der Waals surface area (Å²) >= 11 is 0. The normalized spacial score (nSPS) is 10.3. The average Bonchev–Trinajstić information content (AvgIpc) is 2.55. The first-order valence-corrected chi connectivity index (χ1v) is 7.13. The first kappa shape index (κ1) is 17.4. The Balaban J connectivity index is 2.18. The molecule has 0 atom stereocenters. The van der Waals surface area contributed by atoms with Gasteiger partial charge in [0.05, 0.1) is 17.7 Å². The Morgan fingerprint density at radius 2 is 1.88 bits per heavy atom. The van der Waals surface area contributed by atoms with E-state index in [4.69, 9.17) is 4.74 Å². The first-order valence-electron chi connectivity index (χ1n) is 7.13. The number of para-hydroxylation sites is 1. The molecule has 0 radical (unpaired) electrons. The smallest absolute Gasteiger partial charge is 0.387 e. The number of ether oxygens (including phenoxy) is 2. The van der Waals surface area contributed by atoms with Gasteiger partial charge in [-0.25, -0.2) is 4.79 Å². The van der Waals surface area contributed by atoms with Gasteiger partial charge in [0.25, 0.3) is 5.91 Å². The number of amides is 1. The fourth-order valence-electron chi connectivity index (χ4n) is 1.99. The van der Waals surface area contributed by atoms with Crippen molar-refractivity contribution < 1.29 is 27.8 Å². The van der Waals surface area contributed by atoms with Crippen molar-refractivity contribution in [2.75, 3.05) is 11.9 Å². The van der Waals surface area contributed by atoms with Crippen LogP contribution in [0.25, 0.3) is 0 Å². The van der Waals surface area contributed by atoms with Crippen molar-refractivity contribution in [1.82, 2.24) is 0 Å². The molecule has 0 spiro atoms. The molecule has 126 valence electrons. The molecular formula is C17H15F2NO4. The van der Waals surface area contributed by atoms with Gasteiger partial charge in [-0.05, 0) is 37.3 Å². The third-order valence-corrected chi connectivity index (χ3v) is 2.98. The molecule has 24 heavy (non-hydrogen) atoms. The van der Waals surface area contributed by atoms with Crippen molar-refractivity contribution in [3.8, 4) is 5.75 Å². The third-order valence-electron chi connectivity index (χ3n) is 2.98. The lowest BCUT2D eigenvalue weighted by molar-refractivity contribution is -0.0501. The van der Waals surface area contributed by atoms with Crippen LogP contribution < -0.4 is 10.1 Å². The highest BCUT2D eigenvalue weighted by molar-refractivity contribution is 6.06. The second kappa shape index (κ2) is 8.05. The number of benzene rings is 2. The van der Waals surface area contributed by atoms with Gasteiger partial charge >= 0.3 is 12.6 Å². The second-order valence-corrected chi connectivity index (χ2v) is 4.63. The van der Waals surface area contributed by atoms with Crippen molar-refractivity contribution in [3.63, 3.8) is 0 Å². The Morgan fingerprint density at radius 3 is 2.58 bits per heavy atom. The lowest BCUT2D eigenvalue weighted by Gasteiger charge is -2.11. The van der Waals surface area contributed by atoms with Gasteiger partial charge in [0.1, 0.15) is 5.75 Å². The van der Waals surface area contributed by atoms with E-state index < -0.39 is 18.5 Å². The lowest BCUT2D eigenvalue weighted by Crippen LogP contribution is -2.15. The molecule has 0 saturated heterocycles. The van der Waals surface area contributed by atoms with E-state index in [-0.39, 0.29) is 23.5 Å². The zero-order valence-electron chi connectivity index (χ0n) is 12.8. The molecule has 0 fully saturated rings. The number of carbonyl (C=O) groups is 2. The quantitative estimate of drug-likeness (QED) is 0.817. The summed E-state index contributed by atoms with van der Waals surface area (Å²) in [6, 6.07) is 11.8. The molecule has 2 rings (SSSR count). The maximum Gasteiger partial charge on any atom is 0.387 e. The summed E-state index contributed by atoms with van der Waals surface area (Å²) in [5.74, 6) is -1.38. The van der Waals surface area contributed by atoms with Crippen LogP contribution in [0.5, 0.6) is 5.75 Å². The van der Waals surface area contributed by atoms with Crippen LogP contribution in [-0.4, -0.2) is 25.1 Å². The van der Waals surface area contributed by atoms with E-state index in [1.165, 1.54) is 30.3 Å². The van der Waals surface area contributed by atoms with Crippen LogP contribution in [0.3, 0.4) is 0 Å². The summed E-state index contributed by atoms with van der Waals surface area (Å²) in [6.07, 6.45) is 0. The van der Waals surface area contributed by atoms with Gasteiger partial charge in [0, 0.05) is 5.69 Å². The van der Waals surface area contributed by atoms with Crippen LogP contribution in [0.4, 0.5) is 14.5 Å².